The van der Waals surface area contributed by atoms with Gasteiger partial charge in [0.05, 0.1) is 12.2 Å². The molecule has 1 aliphatic carbocycles. The van der Waals surface area contributed by atoms with Gasteiger partial charge in [0.2, 0.25) is 0 Å². The minimum absolute atomic E-state index is 0.000619. The first kappa shape index (κ1) is 16.5. The van der Waals surface area contributed by atoms with Crippen LogP contribution in [0.1, 0.15) is 50.9 Å². The fraction of sp³-hybridized carbons (Fsp3) is 0.471. The fourth-order valence-corrected chi connectivity index (χ4v) is 3.67. The Kier molecular flexibility index (Phi) is 4.49. The smallest absolute Gasteiger partial charge is 0.148 e. The van der Waals surface area contributed by atoms with Crippen molar-refractivity contribution in [1.82, 2.24) is 14.5 Å². The van der Waals surface area contributed by atoms with Gasteiger partial charge in [-0.25, -0.2) is 9.07 Å². The van der Waals surface area contributed by atoms with E-state index >= 15 is 0 Å². The van der Waals surface area contributed by atoms with Crippen LogP contribution in [0.5, 0.6) is 0 Å². The first-order valence-corrected chi connectivity index (χ1v) is 9.02. The average molecular weight is 335 g/mol. The van der Waals surface area contributed by atoms with Crippen molar-refractivity contribution in [3.8, 4) is 5.69 Å². The maximum absolute atomic E-state index is 14.1. The summed E-state index contributed by atoms with van der Waals surface area (Å²) in [5.41, 5.74) is 2.49. The van der Waals surface area contributed by atoms with Crippen LogP contribution in [0.25, 0.3) is 5.69 Å². The van der Waals surface area contributed by atoms with E-state index < -0.39 is 11.4 Å². The number of fused-ring (bicyclic) bond motifs is 1. The summed E-state index contributed by atoms with van der Waals surface area (Å²) in [5.74, 6) is -0.285. The lowest BCUT2D eigenvalue weighted by Gasteiger charge is -2.30. The van der Waals surface area contributed by atoms with Gasteiger partial charge in [-0.05, 0) is 52.2 Å². The standard InChI is InChI=1S/C17H22FN3OS/c1-17(2,3)23(22)20-14-8-6-10-15-12(14)11-19-21(15)16-9-5-4-7-13(16)18/h4-5,7,9,11,14,20H,6,8,10H2,1-3H3/t14-,23?/m1/s1. The minimum atomic E-state index is -1.14. The first-order chi connectivity index (χ1) is 10.9. The summed E-state index contributed by atoms with van der Waals surface area (Å²) in [6, 6.07) is 6.65. The van der Waals surface area contributed by atoms with Crippen molar-refractivity contribution in [3.63, 3.8) is 0 Å². The summed E-state index contributed by atoms with van der Waals surface area (Å²) < 4.78 is 31.0. The highest BCUT2D eigenvalue weighted by Gasteiger charge is 2.33. The Balaban J connectivity index is 1.92. The third kappa shape index (κ3) is 3.29. The van der Waals surface area contributed by atoms with Crippen LogP contribution >= 0.6 is 0 Å². The molecule has 2 atom stereocenters. The van der Waals surface area contributed by atoms with E-state index in [1.165, 1.54) is 6.07 Å². The van der Waals surface area contributed by atoms with Gasteiger partial charge >= 0.3 is 0 Å². The van der Waals surface area contributed by atoms with Crippen molar-refractivity contribution in [2.45, 2.75) is 50.8 Å². The molecule has 2 aromatic rings. The van der Waals surface area contributed by atoms with Gasteiger partial charge in [0.15, 0.2) is 0 Å². The Morgan fingerprint density at radius 2 is 2.09 bits per heavy atom. The van der Waals surface area contributed by atoms with E-state index in [1.54, 1.807) is 29.1 Å². The summed E-state index contributed by atoms with van der Waals surface area (Å²) in [5, 5.41) is 4.39. The monoisotopic (exact) mass is 335 g/mol. The quantitative estimate of drug-likeness (QED) is 0.874. The van der Waals surface area contributed by atoms with E-state index in [9.17, 15) is 8.94 Å². The van der Waals surface area contributed by atoms with Gasteiger partial charge in [0, 0.05) is 22.6 Å². The predicted octanol–water partition coefficient (Wildman–Crippen LogP) is 3.44. The largest absolute Gasteiger partial charge is 0.598 e. The summed E-state index contributed by atoms with van der Waals surface area (Å²) in [4.78, 5) is 0. The molecule has 0 fully saturated rings. The molecule has 3 rings (SSSR count). The highest BCUT2D eigenvalue weighted by Crippen LogP contribution is 2.33. The van der Waals surface area contributed by atoms with E-state index in [1.807, 2.05) is 20.8 Å². The number of halogens is 1. The lowest BCUT2D eigenvalue weighted by molar-refractivity contribution is 0.485. The SMILES string of the molecule is CC(C)(C)[S+]([O-])N[C@@H]1CCCc2c1cnn2-c1ccccc1F. The molecular formula is C17H22FN3OS. The lowest BCUT2D eigenvalue weighted by atomic mass is 9.94. The van der Waals surface area contributed by atoms with Crippen molar-refractivity contribution in [1.29, 1.82) is 0 Å². The van der Waals surface area contributed by atoms with Crippen molar-refractivity contribution in [3.05, 3.63) is 47.5 Å². The molecule has 0 spiro atoms. The second kappa shape index (κ2) is 6.26. The molecule has 124 valence electrons. The van der Waals surface area contributed by atoms with E-state index in [-0.39, 0.29) is 16.6 Å². The van der Waals surface area contributed by atoms with Gasteiger partial charge in [-0.3, -0.25) is 0 Å². The highest BCUT2D eigenvalue weighted by molar-refractivity contribution is 7.90. The number of hydrogen-bond acceptors (Lipinski definition) is 3. The molecule has 1 unspecified atom stereocenters. The number of aromatic nitrogens is 2. The molecule has 0 saturated heterocycles. The molecule has 0 saturated carbocycles. The van der Waals surface area contributed by atoms with Gasteiger partial charge < -0.3 is 4.55 Å². The van der Waals surface area contributed by atoms with E-state index in [0.29, 0.717) is 5.69 Å². The zero-order valence-electron chi connectivity index (χ0n) is 13.7. The Morgan fingerprint density at radius 1 is 1.35 bits per heavy atom. The number of nitrogens with one attached hydrogen (secondary N) is 1. The van der Waals surface area contributed by atoms with Crippen LogP contribution in [0.3, 0.4) is 0 Å². The van der Waals surface area contributed by atoms with Crippen LogP contribution < -0.4 is 4.72 Å². The molecule has 4 nitrogen and oxygen atoms in total. The lowest BCUT2D eigenvalue weighted by Crippen LogP contribution is -2.42. The van der Waals surface area contributed by atoms with Gasteiger partial charge in [0.1, 0.15) is 16.3 Å². The molecule has 6 heteroatoms. The summed E-state index contributed by atoms with van der Waals surface area (Å²) in [6.45, 7) is 5.84. The molecule has 0 bridgehead atoms. The molecular weight excluding hydrogens is 313 g/mol. The minimum Gasteiger partial charge on any atom is -0.598 e. The Bertz CT molecular complexity index is 695. The molecule has 23 heavy (non-hydrogen) atoms. The van der Waals surface area contributed by atoms with Crippen molar-refractivity contribution < 1.29 is 8.94 Å². The molecule has 1 aromatic heterocycles. The van der Waals surface area contributed by atoms with Crippen LogP contribution in [0.4, 0.5) is 4.39 Å². The van der Waals surface area contributed by atoms with Gasteiger partial charge in [-0.2, -0.15) is 5.10 Å². The molecule has 1 aromatic carbocycles. The van der Waals surface area contributed by atoms with Gasteiger partial charge in [-0.15, -0.1) is 4.72 Å². The van der Waals surface area contributed by atoms with Crippen LogP contribution in [-0.2, 0) is 17.8 Å². The zero-order chi connectivity index (χ0) is 16.6. The number of hydrogen-bond donors (Lipinski definition) is 1. The molecule has 1 heterocycles. The maximum Gasteiger partial charge on any atom is 0.148 e. The molecule has 1 N–H and O–H groups in total. The van der Waals surface area contributed by atoms with Gasteiger partial charge in [-0.1, -0.05) is 12.1 Å². The Labute approximate surface area is 139 Å². The van der Waals surface area contributed by atoms with E-state index in [4.69, 9.17) is 0 Å². The average Bonchev–Trinajstić information content (AvgIpc) is 2.91. The number of rotatable bonds is 3. The van der Waals surface area contributed by atoms with Crippen molar-refractivity contribution >= 4 is 11.4 Å². The maximum atomic E-state index is 14.1. The highest BCUT2D eigenvalue weighted by atomic mass is 32.2. The summed E-state index contributed by atoms with van der Waals surface area (Å²) in [6.07, 6.45) is 4.51. The molecule has 1 aliphatic rings. The second-order valence-corrected chi connectivity index (χ2v) is 8.85. The Hall–Kier alpha value is -1.37. The topological polar surface area (TPSA) is 52.9 Å². The number of nitrogens with zero attached hydrogens (tertiary/aromatic N) is 2. The van der Waals surface area contributed by atoms with Crippen LogP contribution in [0.2, 0.25) is 0 Å². The summed E-state index contributed by atoms with van der Waals surface area (Å²) in [7, 11) is 0. The predicted molar refractivity (Wildman–Crippen MR) is 90.2 cm³/mol. The second-order valence-electron chi connectivity index (χ2n) is 6.85. The fourth-order valence-electron chi connectivity index (χ4n) is 2.82. The normalized spacial score (nSPS) is 19.4. The molecule has 0 aliphatic heterocycles. The van der Waals surface area contributed by atoms with Crippen molar-refractivity contribution in [2.24, 2.45) is 0 Å². The van der Waals surface area contributed by atoms with Crippen molar-refractivity contribution in [2.75, 3.05) is 0 Å². The summed E-state index contributed by atoms with van der Waals surface area (Å²) >= 11 is -1.14. The van der Waals surface area contributed by atoms with E-state index in [2.05, 4.69) is 9.82 Å². The first-order valence-electron chi connectivity index (χ1n) is 7.87. The van der Waals surface area contributed by atoms with Crippen LogP contribution in [0.15, 0.2) is 30.5 Å². The third-order valence-corrected chi connectivity index (χ3v) is 5.68. The van der Waals surface area contributed by atoms with Gasteiger partial charge in [0.25, 0.3) is 0 Å². The molecule has 0 amide bonds. The third-order valence-electron chi connectivity index (χ3n) is 4.07. The van der Waals surface area contributed by atoms with Crippen LogP contribution in [0, 0.1) is 5.82 Å². The molecule has 0 radical (unpaired) electrons. The van der Waals surface area contributed by atoms with E-state index in [0.717, 1.165) is 30.5 Å². The number of benzene rings is 1. The number of para-hydroxylation sites is 1. The zero-order valence-corrected chi connectivity index (χ0v) is 14.5. The Morgan fingerprint density at radius 3 is 2.78 bits per heavy atom. The van der Waals surface area contributed by atoms with Crippen LogP contribution in [-0.4, -0.2) is 19.1 Å².